The van der Waals surface area contributed by atoms with E-state index < -0.39 is 0 Å². The second-order valence-electron chi connectivity index (χ2n) is 5.63. The first-order valence-electron chi connectivity index (χ1n) is 8.28. The minimum atomic E-state index is 0.826. The molecule has 0 spiro atoms. The third kappa shape index (κ3) is 4.30. The Hall–Kier alpha value is -1.36. The second-order valence-corrected chi connectivity index (χ2v) is 5.63. The Morgan fingerprint density at radius 2 is 1.76 bits per heavy atom. The van der Waals surface area contributed by atoms with Crippen LogP contribution < -0.4 is 10.6 Å². The summed E-state index contributed by atoms with van der Waals surface area (Å²) in [6.45, 7) is 12.6. The van der Waals surface area contributed by atoms with Gasteiger partial charge in [-0.25, -0.2) is 9.97 Å². The molecule has 0 atom stereocenters. The van der Waals surface area contributed by atoms with E-state index >= 15 is 0 Å². The summed E-state index contributed by atoms with van der Waals surface area (Å²) in [5.74, 6) is 2.83. The fraction of sp³-hybridized carbons (Fsp3) is 0.750. The number of hydrogen-bond donors (Lipinski definition) is 2. The largest absolute Gasteiger partial charge is 0.370 e. The van der Waals surface area contributed by atoms with Crippen molar-refractivity contribution in [3.63, 3.8) is 0 Å². The van der Waals surface area contributed by atoms with Gasteiger partial charge in [-0.2, -0.15) is 0 Å². The predicted molar refractivity (Wildman–Crippen MR) is 89.1 cm³/mol. The molecule has 21 heavy (non-hydrogen) atoms. The number of likely N-dealkylation sites (N-methyl/N-ethyl adjacent to an activating group) is 1. The molecule has 1 aromatic rings. The van der Waals surface area contributed by atoms with Crippen molar-refractivity contribution in [3.8, 4) is 0 Å². The van der Waals surface area contributed by atoms with Crippen LogP contribution >= 0.6 is 0 Å². The molecule has 1 saturated carbocycles. The molecule has 0 unspecified atom stereocenters. The SMILES string of the molecule is CCNc1nc(CC)nc(NCCN(CC)C2CC2)c1C. The fourth-order valence-corrected chi connectivity index (χ4v) is 2.59. The van der Waals surface area contributed by atoms with E-state index in [9.17, 15) is 0 Å². The Bertz CT molecular complexity index is 456. The zero-order valence-electron chi connectivity index (χ0n) is 13.9. The summed E-state index contributed by atoms with van der Waals surface area (Å²) in [5.41, 5.74) is 1.11. The fourth-order valence-electron chi connectivity index (χ4n) is 2.59. The van der Waals surface area contributed by atoms with Crippen LogP contribution in [0.3, 0.4) is 0 Å². The molecule has 118 valence electrons. The van der Waals surface area contributed by atoms with Crippen molar-refractivity contribution >= 4 is 11.6 Å². The van der Waals surface area contributed by atoms with Crippen molar-refractivity contribution in [2.24, 2.45) is 0 Å². The van der Waals surface area contributed by atoms with E-state index in [0.717, 1.165) is 61.7 Å². The topological polar surface area (TPSA) is 53.1 Å². The summed E-state index contributed by atoms with van der Waals surface area (Å²) in [7, 11) is 0. The standard InChI is InChI=1S/C16H29N5/c1-5-14-19-15(17-6-2)12(4)16(20-14)18-10-11-21(7-3)13-8-9-13/h13H,5-11H2,1-4H3,(H2,17,18,19,20). The van der Waals surface area contributed by atoms with E-state index in [1.165, 1.54) is 12.8 Å². The highest BCUT2D eigenvalue weighted by Gasteiger charge is 2.27. The molecule has 5 nitrogen and oxygen atoms in total. The highest BCUT2D eigenvalue weighted by Crippen LogP contribution is 2.26. The lowest BCUT2D eigenvalue weighted by molar-refractivity contribution is 0.289. The molecule has 1 aromatic heterocycles. The van der Waals surface area contributed by atoms with Gasteiger partial charge in [0.1, 0.15) is 17.5 Å². The number of rotatable bonds is 9. The summed E-state index contributed by atoms with van der Waals surface area (Å²) in [6, 6.07) is 0.826. The molecule has 1 fully saturated rings. The first-order valence-corrected chi connectivity index (χ1v) is 8.28. The van der Waals surface area contributed by atoms with Crippen molar-refractivity contribution in [2.75, 3.05) is 36.8 Å². The van der Waals surface area contributed by atoms with Crippen LogP contribution in [0.15, 0.2) is 0 Å². The van der Waals surface area contributed by atoms with Crippen molar-refractivity contribution in [3.05, 3.63) is 11.4 Å². The minimum Gasteiger partial charge on any atom is -0.370 e. The molecular formula is C16H29N5. The summed E-state index contributed by atoms with van der Waals surface area (Å²) in [6.07, 6.45) is 3.59. The Kier molecular flexibility index (Phi) is 5.79. The van der Waals surface area contributed by atoms with Gasteiger partial charge >= 0.3 is 0 Å². The maximum absolute atomic E-state index is 4.64. The first-order chi connectivity index (χ1) is 10.2. The highest BCUT2D eigenvalue weighted by molar-refractivity contribution is 5.57. The quantitative estimate of drug-likeness (QED) is 0.732. The van der Waals surface area contributed by atoms with Gasteiger partial charge in [0.05, 0.1) is 0 Å². The van der Waals surface area contributed by atoms with Gasteiger partial charge in [0.2, 0.25) is 0 Å². The van der Waals surface area contributed by atoms with Gasteiger partial charge in [0.15, 0.2) is 0 Å². The lowest BCUT2D eigenvalue weighted by atomic mass is 10.3. The van der Waals surface area contributed by atoms with Crippen LogP contribution in [0, 0.1) is 6.92 Å². The Labute approximate surface area is 128 Å². The summed E-state index contributed by atoms with van der Waals surface area (Å²) < 4.78 is 0. The molecule has 2 N–H and O–H groups in total. The molecule has 0 radical (unpaired) electrons. The van der Waals surface area contributed by atoms with Crippen LogP contribution in [-0.4, -0.2) is 47.1 Å². The first kappa shape index (κ1) is 16.0. The van der Waals surface area contributed by atoms with E-state index in [4.69, 9.17) is 0 Å². The Balaban J connectivity index is 1.98. The second kappa shape index (κ2) is 7.59. The highest BCUT2D eigenvalue weighted by atomic mass is 15.2. The Morgan fingerprint density at radius 3 is 2.29 bits per heavy atom. The lowest BCUT2D eigenvalue weighted by Crippen LogP contribution is -2.31. The molecule has 0 bridgehead atoms. The maximum atomic E-state index is 4.64. The van der Waals surface area contributed by atoms with Gasteiger partial charge in [-0.3, -0.25) is 4.90 Å². The van der Waals surface area contributed by atoms with Crippen molar-refractivity contribution in [1.82, 2.24) is 14.9 Å². The smallest absolute Gasteiger partial charge is 0.134 e. The summed E-state index contributed by atoms with van der Waals surface area (Å²) in [5, 5.41) is 6.83. The summed E-state index contributed by atoms with van der Waals surface area (Å²) >= 11 is 0. The number of nitrogens with one attached hydrogen (secondary N) is 2. The van der Waals surface area contributed by atoms with Crippen LogP contribution in [0.1, 0.15) is 45.0 Å². The van der Waals surface area contributed by atoms with Gasteiger partial charge < -0.3 is 10.6 Å². The van der Waals surface area contributed by atoms with Crippen molar-refractivity contribution in [2.45, 2.75) is 53.0 Å². The number of anilines is 2. The Morgan fingerprint density at radius 1 is 1.10 bits per heavy atom. The van der Waals surface area contributed by atoms with Crippen LogP contribution in [0.2, 0.25) is 0 Å². The average Bonchev–Trinajstić information content (AvgIpc) is 3.32. The molecule has 0 amide bonds. The van der Waals surface area contributed by atoms with Crippen LogP contribution in [0.25, 0.3) is 0 Å². The number of hydrogen-bond acceptors (Lipinski definition) is 5. The van der Waals surface area contributed by atoms with E-state index in [2.05, 4.69) is 53.2 Å². The molecular weight excluding hydrogens is 262 g/mol. The van der Waals surface area contributed by atoms with E-state index in [0.29, 0.717) is 0 Å². The normalized spacial score (nSPS) is 14.5. The zero-order valence-corrected chi connectivity index (χ0v) is 13.9. The number of aryl methyl sites for hydroxylation is 1. The zero-order chi connectivity index (χ0) is 15.2. The minimum absolute atomic E-state index is 0.826. The van der Waals surface area contributed by atoms with E-state index in [1.54, 1.807) is 0 Å². The van der Waals surface area contributed by atoms with Gasteiger partial charge in [-0.1, -0.05) is 13.8 Å². The molecule has 5 heteroatoms. The molecule has 1 aliphatic rings. The third-order valence-electron chi connectivity index (χ3n) is 4.01. The van der Waals surface area contributed by atoms with Gasteiger partial charge in [-0.05, 0) is 33.2 Å². The van der Waals surface area contributed by atoms with E-state index in [-0.39, 0.29) is 0 Å². The molecule has 2 rings (SSSR count). The molecule has 1 heterocycles. The number of nitrogens with zero attached hydrogens (tertiary/aromatic N) is 3. The lowest BCUT2D eigenvalue weighted by Gasteiger charge is -2.21. The molecule has 0 aromatic carbocycles. The monoisotopic (exact) mass is 291 g/mol. The summed E-state index contributed by atoms with van der Waals surface area (Å²) in [4.78, 5) is 11.8. The van der Waals surface area contributed by atoms with Crippen LogP contribution in [0.5, 0.6) is 0 Å². The van der Waals surface area contributed by atoms with Crippen LogP contribution in [0.4, 0.5) is 11.6 Å². The maximum Gasteiger partial charge on any atom is 0.134 e. The number of aromatic nitrogens is 2. The van der Waals surface area contributed by atoms with Gasteiger partial charge in [0.25, 0.3) is 0 Å². The van der Waals surface area contributed by atoms with Crippen molar-refractivity contribution in [1.29, 1.82) is 0 Å². The molecule has 0 aliphatic heterocycles. The van der Waals surface area contributed by atoms with Crippen molar-refractivity contribution < 1.29 is 0 Å². The van der Waals surface area contributed by atoms with E-state index in [1.807, 2.05) is 0 Å². The average molecular weight is 291 g/mol. The van der Waals surface area contributed by atoms with Crippen LogP contribution in [-0.2, 0) is 6.42 Å². The van der Waals surface area contributed by atoms with Gasteiger partial charge in [0, 0.05) is 37.7 Å². The molecule has 0 saturated heterocycles. The molecule has 1 aliphatic carbocycles. The third-order valence-corrected chi connectivity index (χ3v) is 4.01. The van der Waals surface area contributed by atoms with Gasteiger partial charge in [-0.15, -0.1) is 0 Å². The predicted octanol–water partition coefficient (Wildman–Crippen LogP) is 2.68.